The number of hydrogen-bond donors (Lipinski definition) is 0. The minimum atomic E-state index is -4.66. The Hall–Kier alpha value is -3.10. The topological polar surface area (TPSA) is 59.7 Å². The van der Waals surface area contributed by atoms with Crippen LogP contribution < -0.4 is 4.74 Å². The first-order valence-electron chi connectivity index (χ1n) is 9.67. The standard InChI is InChI=1S/C21H21F3N4O2/c1-13-6-8-27(9-7-13)20(29)16-12-25-28-18(21(22,23)24)11-17(26-19(16)28)14-4-3-5-15(10-14)30-2/h3-5,10-13H,6-9H2,1-2H3. The van der Waals surface area contributed by atoms with Crippen molar-refractivity contribution in [2.45, 2.75) is 25.9 Å². The number of aromatic nitrogens is 3. The Labute approximate surface area is 171 Å². The highest BCUT2D eigenvalue weighted by Crippen LogP contribution is 2.33. The zero-order chi connectivity index (χ0) is 21.5. The zero-order valence-electron chi connectivity index (χ0n) is 16.6. The SMILES string of the molecule is COc1cccc(-c2cc(C(F)(F)F)n3ncc(C(=O)N4CCC(C)CC4)c3n2)c1. The van der Waals surface area contributed by atoms with Gasteiger partial charge in [0.15, 0.2) is 11.3 Å². The quantitative estimate of drug-likeness (QED) is 0.637. The molecule has 1 aliphatic heterocycles. The molecular formula is C21H21F3N4O2. The molecule has 0 unspecified atom stereocenters. The minimum absolute atomic E-state index is 0.0693. The number of ether oxygens (including phenoxy) is 1. The van der Waals surface area contributed by atoms with Crippen molar-refractivity contribution in [1.82, 2.24) is 19.5 Å². The van der Waals surface area contributed by atoms with Gasteiger partial charge in [-0.05, 0) is 37.0 Å². The summed E-state index contributed by atoms with van der Waals surface area (Å²) in [6, 6.07) is 7.54. The number of halogens is 3. The fourth-order valence-electron chi connectivity index (χ4n) is 3.63. The third-order valence-electron chi connectivity index (χ3n) is 5.43. The van der Waals surface area contributed by atoms with Crippen LogP contribution in [0.25, 0.3) is 16.9 Å². The Morgan fingerprint density at radius 1 is 1.20 bits per heavy atom. The van der Waals surface area contributed by atoms with E-state index in [2.05, 4.69) is 17.0 Å². The minimum Gasteiger partial charge on any atom is -0.497 e. The van der Waals surface area contributed by atoms with Gasteiger partial charge in [0, 0.05) is 18.7 Å². The van der Waals surface area contributed by atoms with Crippen molar-refractivity contribution >= 4 is 11.6 Å². The molecule has 9 heteroatoms. The Kier molecular flexibility index (Phi) is 5.13. The molecule has 1 amide bonds. The van der Waals surface area contributed by atoms with Gasteiger partial charge >= 0.3 is 6.18 Å². The molecule has 0 atom stereocenters. The van der Waals surface area contributed by atoms with E-state index in [-0.39, 0.29) is 22.8 Å². The summed E-state index contributed by atoms with van der Waals surface area (Å²) in [7, 11) is 1.48. The number of alkyl halides is 3. The number of likely N-dealkylation sites (tertiary alicyclic amines) is 1. The van der Waals surface area contributed by atoms with E-state index < -0.39 is 11.9 Å². The van der Waals surface area contributed by atoms with Crippen LogP contribution in [0.1, 0.15) is 35.8 Å². The summed E-state index contributed by atoms with van der Waals surface area (Å²) < 4.78 is 47.1. The Morgan fingerprint density at radius 2 is 1.93 bits per heavy atom. The molecule has 1 saturated heterocycles. The number of nitrogens with zero attached hydrogens (tertiary/aromatic N) is 4. The number of benzene rings is 1. The van der Waals surface area contributed by atoms with Crippen molar-refractivity contribution in [2.75, 3.05) is 20.2 Å². The molecular weight excluding hydrogens is 397 g/mol. The molecule has 0 aliphatic carbocycles. The van der Waals surface area contributed by atoms with Gasteiger partial charge in [-0.15, -0.1) is 0 Å². The molecule has 1 aliphatic rings. The zero-order valence-corrected chi connectivity index (χ0v) is 16.6. The van der Waals surface area contributed by atoms with Gasteiger partial charge < -0.3 is 9.64 Å². The van der Waals surface area contributed by atoms with Crippen molar-refractivity contribution in [3.8, 4) is 17.0 Å². The van der Waals surface area contributed by atoms with Crippen molar-refractivity contribution in [2.24, 2.45) is 5.92 Å². The maximum atomic E-state index is 13.8. The lowest BCUT2D eigenvalue weighted by Gasteiger charge is -2.30. The van der Waals surface area contributed by atoms with Crippen LogP contribution in [-0.4, -0.2) is 45.6 Å². The summed E-state index contributed by atoms with van der Waals surface area (Å²) >= 11 is 0. The van der Waals surface area contributed by atoms with Crippen molar-refractivity contribution < 1.29 is 22.7 Å². The van der Waals surface area contributed by atoms with Crippen LogP contribution in [0.3, 0.4) is 0 Å². The molecule has 2 aromatic heterocycles. The number of amides is 1. The molecule has 0 saturated carbocycles. The summed E-state index contributed by atoms with van der Waals surface area (Å²) in [5.41, 5.74) is -0.480. The molecule has 158 valence electrons. The highest BCUT2D eigenvalue weighted by molar-refractivity contribution is 6.00. The van der Waals surface area contributed by atoms with Crippen molar-refractivity contribution in [3.63, 3.8) is 0 Å². The normalized spacial score (nSPS) is 15.6. The summed E-state index contributed by atoms with van der Waals surface area (Å²) in [6.45, 7) is 3.26. The lowest BCUT2D eigenvalue weighted by atomic mass is 9.99. The van der Waals surface area contributed by atoms with Gasteiger partial charge in [-0.1, -0.05) is 19.1 Å². The van der Waals surface area contributed by atoms with Crippen molar-refractivity contribution in [3.05, 3.63) is 47.8 Å². The molecule has 1 aromatic carbocycles. The highest BCUT2D eigenvalue weighted by Gasteiger charge is 2.36. The first-order valence-corrected chi connectivity index (χ1v) is 9.67. The third kappa shape index (κ3) is 3.71. The van der Waals surface area contributed by atoms with Crippen LogP contribution in [0.15, 0.2) is 36.5 Å². The summed E-state index contributed by atoms with van der Waals surface area (Å²) in [6.07, 6.45) is -1.77. The summed E-state index contributed by atoms with van der Waals surface area (Å²) in [4.78, 5) is 19.1. The Morgan fingerprint density at radius 3 is 2.60 bits per heavy atom. The average molecular weight is 418 g/mol. The van der Waals surface area contributed by atoms with E-state index in [0.29, 0.717) is 34.8 Å². The molecule has 0 N–H and O–H groups in total. The van der Waals surface area contributed by atoms with Crippen LogP contribution in [-0.2, 0) is 6.18 Å². The van der Waals surface area contributed by atoms with Crippen LogP contribution in [0.4, 0.5) is 13.2 Å². The lowest BCUT2D eigenvalue weighted by molar-refractivity contribution is -0.142. The van der Waals surface area contributed by atoms with E-state index in [1.54, 1.807) is 29.2 Å². The van der Waals surface area contributed by atoms with Gasteiger partial charge in [0.1, 0.15) is 11.3 Å². The van der Waals surface area contributed by atoms with E-state index in [9.17, 15) is 18.0 Å². The van der Waals surface area contributed by atoms with Gasteiger partial charge in [-0.3, -0.25) is 4.79 Å². The number of carbonyl (C=O) groups excluding carboxylic acids is 1. The van der Waals surface area contributed by atoms with Gasteiger partial charge in [0.25, 0.3) is 5.91 Å². The van der Waals surface area contributed by atoms with Crippen LogP contribution in [0.2, 0.25) is 0 Å². The van der Waals surface area contributed by atoms with Crippen LogP contribution in [0, 0.1) is 5.92 Å². The fourth-order valence-corrected chi connectivity index (χ4v) is 3.63. The summed E-state index contributed by atoms with van der Waals surface area (Å²) in [5, 5.41) is 3.85. The molecule has 3 heterocycles. The van der Waals surface area contributed by atoms with Crippen LogP contribution >= 0.6 is 0 Å². The predicted octanol–water partition coefficient (Wildman–Crippen LogP) is 4.30. The molecule has 0 bridgehead atoms. The lowest BCUT2D eigenvalue weighted by Crippen LogP contribution is -2.37. The maximum Gasteiger partial charge on any atom is 0.433 e. The fraction of sp³-hybridized carbons (Fsp3) is 0.381. The predicted molar refractivity (Wildman–Crippen MR) is 104 cm³/mol. The van der Waals surface area contributed by atoms with Crippen LogP contribution in [0.5, 0.6) is 5.75 Å². The highest BCUT2D eigenvalue weighted by atomic mass is 19.4. The molecule has 30 heavy (non-hydrogen) atoms. The van der Waals surface area contributed by atoms with Gasteiger partial charge in [-0.2, -0.15) is 18.3 Å². The summed E-state index contributed by atoms with van der Waals surface area (Å²) in [5.74, 6) is 0.669. The molecule has 3 aromatic rings. The Balaban J connectivity index is 1.84. The number of methoxy groups -OCH3 is 1. The second kappa shape index (κ2) is 7.62. The third-order valence-corrected chi connectivity index (χ3v) is 5.43. The average Bonchev–Trinajstić information content (AvgIpc) is 3.16. The van der Waals surface area contributed by atoms with E-state index in [1.165, 1.54) is 13.3 Å². The smallest absolute Gasteiger partial charge is 0.433 e. The number of hydrogen-bond acceptors (Lipinski definition) is 4. The van der Waals surface area contributed by atoms with E-state index >= 15 is 0 Å². The first kappa shape index (κ1) is 20.2. The van der Waals surface area contributed by atoms with Gasteiger partial charge in [0.2, 0.25) is 0 Å². The first-order chi connectivity index (χ1) is 14.3. The maximum absolute atomic E-state index is 13.8. The number of piperidine rings is 1. The second-order valence-electron chi connectivity index (χ2n) is 7.52. The second-order valence-corrected chi connectivity index (χ2v) is 7.52. The Bertz CT molecular complexity index is 1090. The molecule has 6 nitrogen and oxygen atoms in total. The van der Waals surface area contributed by atoms with E-state index in [4.69, 9.17) is 4.74 Å². The van der Waals surface area contributed by atoms with Crippen molar-refractivity contribution in [1.29, 1.82) is 0 Å². The molecule has 0 radical (unpaired) electrons. The largest absolute Gasteiger partial charge is 0.497 e. The number of fused-ring (bicyclic) bond motifs is 1. The number of carbonyl (C=O) groups is 1. The van der Waals surface area contributed by atoms with E-state index in [0.717, 1.165) is 18.9 Å². The van der Waals surface area contributed by atoms with Gasteiger partial charge in [-0.25, -0.2) is 9.50 Å². The molecule has 1 fully saturated rings. The monoisotopic (exact) mass is 418 g/mol. The molecule has 0 spiro atoms. The number of rotatable bonds is 3. The molecule has 4 rings (SSSR count). The van der Waals surface area contributed by atoms with Gasteiger partial charge in [0.05, 0.1) is 19.0 Å². The van der Waals surface area contributed by atoms with E-state index in [1.807, 2.05) is 0 Å².